The van der Waals surface area contributed by atoms with Gasteiger partial charge in [0.05, 0.1) is 33.8 Å². The molecule has 1 N–H and O–H groups in total. The van der Waals surface area contributed by atoms with Gasteiger partial charge in [0.2, 0.25) is 5.91 Å². The van der Waals surface area contributed by atoms with Gasteiger partial charge in [0, 0.05) is 12.8 Å². The Morgan fingerprint density at radius 3 is 1.43 bits per heavy atom. The van der Waals surface area contributed by atoms with Crippen LogP contribution in [-0.2, 0) is 27.9 Å². The first kappa shape index (κ1) is 70.9. The monoisotopic (exact) mass is 1050 g/mol. The largest absolute Gasteiger partial charge is 0.756 e. The zero-order valence-electron chi connectivity index (χ0n) is 48.5. The second-order valence-corrected chi connectivity index (χ2v) is 22.6. The van der Waals surface area contributed by atoms with Crippen LogP contribution in [0.5, 0.6) is 0 Å². The molecule has 0 rings (SSSR count). The molecular formula is C64H113N2O7P. The van der Waals surface area contributed by atoms with E-state index in [1.807, 2.05) is 33.3 Å². The van der Waals surface area contributed by atoms with Gasteiger partial charge in [-0.25, -0.2) is 0 Å². The number of phosphoric acid groups is 1. The first-order valence-electron chi connectivity index (χ1n) is 30.1. The summed E-state index contributed by atoms with van der Waals surface area (Å²) in [5, 5.41) is 3.01. The maximum Gasteiger partial charge on any atom is 0.306 e. The highest BCUT2D eigenvalue weighted by Crippen LogP contribution is 2.38. The minimum absolute atomic E-state index is 0.0331. The van der Waals surface area contributed by atoms with Crippen molar-refractivity contribution in [3.05, 3.63) is 97.2 Å². The summed E-state index contributed by atoms with van der Waals surface area (Å²) in [6, 6.07) is -0.908. The van der Waals surface area contributed by atoms with Gasteiger partial charge in [-0.3, -0.25) is 14.2 Å². The first-order chi connectivity index (χ1) is 35.9. The zero-order valence-corrected chi connectivity index (χ0v) is 49.4. The summed E-state index contributed by atoms with van der Waals surface area (Å²) in [5.74, 6) is -0.581. The van der Waals surface area contributed by atoms with E-state index in [1.54, 1.807) is 0 Å². The number of amides is 1. The fourth-order valence-electron chi connectivity index (χ4n) is 8.15. The lowest BCUT2D eigenvalue weighted by atomic mass is 10.0. The number of esters is 1. The standard InChI is InChI=1S/C64H113N2O7P/c1-7-10-13-16-19-22-25-28-30-31-32-33-34-35-37-38-41-44-47-50-53-56-63(67)65-61(60-72-74(69,70)71-59-58-66(4,5)6)62(55-52-49-46-43-40-27-24-21-18-15-12-9-3)73-64(68)57-54-51-48-45-42-39-36-29-26-23-20-17-14-11-8-2/h11,14,17,19-20,22-23,26,28,30,32-33,35,37,52,55,61-62H,7-10,12-13,15-16,18,21,24-25,27,29,31,34,36,38-51,53-54,56-60H2,1-6H3,(H-,65,67,69,70)/b14-11+,20-17+,22-19-,26-23+,30-28-,33-32-,37-35-,55-52-. The Kier molecular flexibility index (Phi) is 51.1. The van der Waals surface area contributed by atoms with E-state index in [1.165, 1.54) is 96.3 Å². The molecule has 0 aromatic heterocycles. The minimum atomic E-state index is -4.71. The number of carbonyl (C=O) groups excluding carboxylic acids is 2. The van der Waals surface area contributed by atoms with Crippen LogP contribution in [0.2, 0.25) is 0 Å². The molecule has 0 aromatic carbocycles. The van der Waals surface area contributed by atoms with Crippen molar-refractivity contribution in [3.63, 3.8) is 0 Å². The van der Waals surface area contributed by atoms with Gasteiger partial charge in [-0.15, -0.1) is 0 Å². The van der Waals surface area contributed by atoms with E-state index in [9.17, 15) is 19.0 Å². The molecule has 426 valence electrons. The van der Waals surface area contributed by atoms with E-state index in [4.69, 9.17) is 13.8 Å². The molecular weight excluding hydrogens is 940 g/mol. The van der Waals surface area contributed by atoms with Gasteiger partial charge in [0.25, 0.3) is 7.82 Å². The molecule has 3 atom stereocenters. The zero-order chi connectivity index (χ0) is 54.3. The minimum Gasteiger partial charge on any atom is -0.756 e. The van der Waals surface area contributed by atoms with Crippen LogP contribution < -0.4 is 10.2 Å². The number of rotatable bonds is 53. The van der Waals surface area contributed by atoms with Crippen LogP contribution in [0.4, 0.5) is 0 Å². The highest BCUT2D eigenvalue weighted by atomic mass is 31.2. The number of carbonyl (C=O) groups is 2. The van der Waals surface area contributed by atoms with Gasteiger partial charge in [0.15, 0.2) is 0 Å². The van der Waals surface area contributed by atoms with Gasteiger partial charge in [0.1, 0.15) is 19.3 Å². The fraction of sp³-hybridized carbons (Fsp3) is 0.719. The van der Waals surface area contributed by atoms with Crippen LogP contribution in [0.25, 0.3) is 0 Å². The molecule has 9 nitrogen and oxygen atoms in total. The smallest absolute Gasteiger partial charge is 0.306 e. The molecule has 0 aliphatic rings. The van der Waals surface area contributed by atoms with Crippen LogP contribution in [0.15, 0.2) is 97.2 Å². The van der Waals surface area contributed by atoms with E-state index in [0.29, 0.717) is 23.9 Å². The summed E-state index contributed by atoms with van der Waals surface area (Å²) in [6.45, 7) is 6.65. The van der Waals surface area contributed by atoms with E-state index < -0.39 is 26.6 Å². The van der Waals surface area contributed by atoms with Crippen LogP contribution >= 0.6 is 7.82 Å². The highest BCUT2D eigenvalue weighted by Gasteiger charge is 2.27. The quantitative estimate of drug-likeness (QED) is 0.0161. The lowest BCUT2D eigenvalue weighted by molar-refractivity contribution is -0.870. The average molecular weight is 1050 g/mol. The first-order valence-corrected chi connectivity index (χ1v) is 31.5. The van der Waals surface area contributed by atoms with Crippen molar-refractivity contribution >= 4 is 19.7 Å². The third kappa shape index (κ3) is 53.7. The summed E-state index contributed by atoms with van der Waals surface area (Å²) in [7, 11) is 1.15. The van der Waals surface area contributed by atoms with Crippen molar-refractivity contribution in [1.29, 1.82) is 0 Å². The van der Waals surface area contributed by atoms with Crippen molar-refractivity contribution in [2.45, 2.75) is 258 Å². The molecule has 10 heteroatoms. The Bertz CT molecular complexity index is 1590. The van der Waals surface area contributed by atoms with Crippen molar-refractivity contribution in [2.75, 3.05) is 40.9 Å². The van der Waals surface area contributed by atoms with Gasteiger partial charge in [-0.05, 0) is 96.0 Å². The number of hydrogen-bond acceptors (Lipinski definition) is 7. The van der Waals surface area contributed by atoms with Crippen LogP contribution in [0, 0.1) is 0 Å². The Morgan fingerprint density at radius 2 is 0.919 bits per heavy atom. The number of unbranched alkanes of at least 4 members (excludes halogenated alkanes) is 25. The molecule has 3 unspecified atom stereocenters. The number of quaternary nitrogens is 1. The SMILES string of the molecule is CC/C=C/C=C/C=C/CCCCCCCCCC(=O)OC(/C=C\CCCCCCCCCCCC)C(COP(=O)([O-])OCC[N+](C)(C)C)NC(=O)CCCCCCC/C=C\C/C=C\C/C=C\C/C=C\CCCCC. The Morgan fingerprint density at radius 1 is 0.500 bits per heavy atom. The summed E-state index contributed by atoms with van der Waals surface area (Å²) in [6.07, 6.45) is 70.8. The predicted molar refractivity (Wildman–Crippen MR) is 316 cm³/mol. The number of likely N-dealkylation sites (N-methyl/N-ethyl adjacent to an activating group) is 1. The van der Waals surface area contributed by atoms with Crippen molar-refractivity contribution in [3.8, 4) is 0 Å². The molecule has 0 aromatic rings. The Labute approximate surface area is 456 Å². The third-order valence-corrected chi connectivity index (χ3v) is 13.8. The number of ether oxygens (including phenoxy) is 1. The maximum atomic E-state index is 13.5. The van der Waals surface area contributed by atoms with Crippen LogP contribution in [0.1, 0.15) is 245 Å². The van der Waals surface area contributed by atoms with E-state index >= 15 is 0 Å². The molecule has 0 saturated carbocycles. The van der Waals surface area contributed by atoms with Gasteiger partial charge < -0.3 is 28.5 Å². The second kappa shape index (κ2) is 53.3. The van der Waals surface area contributed by atoms with Gasteiger partial charge in [-0.1, -0.05) is 234 Å². The molecule has 0 saturated heterocycles. The molecule has 1 amide bonds. The van der Waals surface area contributed by atoms with Gasteiger partial charge in [-0.2, -0.15) is 0 Å². The normalized spacial score (nSPS) is 14.4. The lowest BCUT2D eigenvalue weighted by Crippen LogP contribution is -2.47. The second-order valence-electron chi connectivity index (χ2n) is 21.2. The predicted octanol–water partition coefficient (Wildman–Crippen LogP) is 17.8. The Hall–Kier alpha value is -3.07. The van der Waals surface area contributed by atoms with Crippen molar-refractivity contribution in [2.24, 2.45) is 0 Å². The van der Waals surface area contributed by atoms with E-state index in [0.717, 1.165) is 103 Å². The molecule has 0 radical (unpaired) electrons. The topological polar surface area (TPSA) is 114 Å². The summed E-state index contributed by atoms with van der Waals surface area (Å²) >= 11 is 0. The molecule has 0 aliphatic carbocycles. The molecule has 0 aliphatic heterocycles. The highest BCUT2D eigenvalue weighted by molar-refractivity contribution is 7.45. The average Bonchev–Trinajstić information content (AvgIpc) is 3.36. The number of nitrogens with zero attached hydrogens (tertiary/aromatic N) is 1. The van der Waals surface area contributed by atoms with Crippen LogP contribution in [-0.4, -0.2) is 69.4 Å². The molecule has 0 spiro atoms. The number of nitrogens with one attached hydrogen (secondary N) is 1. The summed E-state index contributed by atoms with van der Waals surface area (Å²) in [5.41, 5.74) is 0. The fourth-order valence-corrected chi connectivity index (χ4v) is 8.87. The Balaban J connectivity index is 5.33. The summed E-state index contributed by atoms with van der Waals surface area (Å²) < 4.78 is 30.3. The molecule has 0 bridgehead atoms. The van der Waals surface area contributed by atoms with Gasteiger partial charge >= 0.3 is 5.97 Å². The van der Waals surface area contributed by atoms with E-state index in [2.05, 4.69) is 111 Å². The summed E-state index contributed by atoms with van der Waals surface area (Å²) in [4.78, 5) is 39.9. The van der Waals surface area contributed by atoms with Crippen LogP contribution in [0.3, 0.4) is 0 Å². The van der Waals surface area contributed by atoms with Crippen molar-refractivity contribution in [1.82, 2.24) is 5.32 Å². The third-order valence-electron chi connectivity index (χ3n) is 12.8. The molecule has 74 heavy (non-hydrogen) atoms. The maximum absolute atomic E-state index is 13.5. The lowest BCUT2D eigenvalue weighted by Gasteiger charge is -2.30. The molecule has 0 fully saturated rings. The molecule has 0 heterocycles. The number of allylic oxidation sites excluding steroid dienone is 15. The number of phosphoric ester groups is 1. The number of hydrogen-bond donors (Lipinski definition) is 1. The van der Waals surface area contributed by atoms with Crippen molar-refractivity contribution < 1.29 is 37.3 Å². The van der Waals surface area contributed by atoms with E-state index in [-0.39, 0.29) is 31.3 Å².